The maximum atomic E-state index is 12.9. The third-order valence-corrected chi connectivity index (χ3v) is 4.37. The molecule has 0 saturated carbocycles. The van der Waals surface area contributed by atoms with E-state index in [4.69, 9.17) is 9.94 Å². The van der Waals surface area contributed by atoms with E-state index in [0.717, 1.165) is 13.1 Å². The van der Waals surface area contributed by atoms with Gasteiger partial charge in [0.05, 0.1) is 31.3 Å². The Bertz CT molecular complexity index is 628. The minimum atomic E-state index is -1.68. The van der Waals surface area contributed by atoms with Crippen molar-refractivity contribution < 1.29 is 19.8 Å². The van der Waals surface area contributed by atoms with Gasteiger partial charge in [-0.15, -0.1) is 0 Å². The summed E-state index contributed by atoms with van der Waals surface area (Å²) in [5, 5.41) is 23.0. The number of aliphatic hydroxyl groups is 1. The Morgan fingerprint density at radius 1 is 1.35 bits per heavy atom. The monoisotopic (exact) mass is 319 g/mol. The Kier molecular flexibility index (Phi) is 4.34. The minimum absolute atomic E-state index is 0.0288. The maximum Gasteiger partial charge on any atom is 0.265 e. The molecule has 0 spiro atoms. The average molecular weight is 319 g/mol. The van der Waals surface area contributed by atoms with Crippen LogP contribution < -0.4 is 4.90 Å². The molecular weight excluding hydrogens is 298 g/mol. The molecule has 7 heteroatoms. The Hall–Kier alpha value is -1.96. The summed E-state index contributed by atoms with van der Waals surface area (Å²) in [5.41, 5.74) is -0.110. The molecule has 2 aliphatic heterocycles. The molecule has 1 aromatic rings. The van der Waals surface area contributed by atoms with Gasteiger partial charge in [-0.3, -0.25) is 14.6 Å². The van der Waals surface area contributed by atoms with E-state index in [1.807, 2.05) is 12.1 Å². The average Bonchev–Trinajstić information content (AvgIpc) is 2.78. The lowest BCUT2D eigenvalue weighted by Crippen LogP contribution is -2.48. The Labute approximate surface area is 134 Å². The van der Waals surface area contributed by atoms with Crippen molar-refractivity contribution in [2.45, 2.75) is 18.9 Å². The molecule has 23 heavy (non-hydrogen) atoms. The molecule has 2 aliphatic rings. The van der Waals surface area contributed by atoms with Gasteiger partial charge in [-0.25, -0.2) is 0 Å². The van der Waals surface area contributed by atoms with Gasteiger partial charge in [0.2, 0.25) is 0 Å². The first-order chi connectivity index (χ1) is 11.1. The summed E-state index contributed by atoms with van der Waals surface area (Å²) >= 11 is 0. The highest BCUT2D eigenvalue weighted by Crippen LogP contribution is 2.42. The van der Waals surface area contributed by atoms with Crippen molar-refractivity contribution in [2.75, 3.05) is 37.9 Å². The molecule has 0 bridgehead atoms. The fraction of sp³-hybridized carbons (Fsp3) is 0.500. The van der Waals surface area contributed by atoms with Gasteiger partial charge in [0.25, 0.3) is 5.91 Å². The van der Waals surface area contributed by atoms with Crippen LogP contribution >= 0.6 is 0 Å². The quantitative estimate of drug-likeness (QED) is 0.486. The first kappa shape index (κ1) is 15.9. The number of fused-ring (bicyclic) bond motifs is 1. The minimum Gasteiger partial charge on any atom is -0.411 e. The van der Waals surface area contributed by atoms with Gasteiger partial charge in [-0.2, -0.15) is 0 Å². The zero-order valence-corrected chi connectivity index (χ0v) is 13.1. The second-order valence-electron chi connectivity index (χ2n) is 5.99. The number of carbonyl (C=O) groups excluding carboxylic acids is 1. The molecule has 124 valence electrons. The van der Waals surface area contributed by atoms with E-state index < -0.39 is 5.60 Å². The number of anilines is 1. The van der Waals surface area contributed by atoms with Crippen LogP contribution in [0.15, 0.2) is 29.4 Å². The molecule has 7 nitrogen and oxygen atoms in total. The fourth-order valence-corrected chi connectivity index (χ4v) is 3.17. The SMILES string of the molecule is CC(CC1(O)C(=O)N(CN2CCOCC2)c2ccccc21)=NO. The summed E-state index contributed by atoms with van der Waals surface area (Å²) in [7, 11) is 0. The lowest BCUT2D eigenvalue weighted by molar-refractivity contribution is -0.136. The number of oxime groups is 1. The van der Waals surface area contributed by atoms with Gasteiger partial charge in [0.15, 0.2) is 5.60 Å². The first-order valence-corrected chi connectivity index (χ1v) is 7.68. The topological polar surface area (TPSA) is 85.6 Å². The first-order valence-electron chi connectivity index (χ1n) is 7.68. The predicted octanol–water partition coefficient (Wildman–Crippen LogP) is 0.751. The molecule has 0 aliphatic carbocycles. The Balaban J connectivity index is 1.91. The second-order valence-corrected chi connectivity index (χ2v) is 5.99. The van der Waals surface area contributed by atoms with Gasteiger partial charge >= 0.3 is 0 Å². The molecule has 3 rings (SSSR count). The highest BCUT2D eigenvalue weighted by molar-refractivity contribution is 6.09. The van der Waals surface area contributed by atoms with E-state index in [0.29, 0.717) is 36.8 Å². The molecule has 1 unspecified atom stereocenters. The third kappa shape index (κ3) is 2.83. The lowest BCUT2D eigenvalue weighted by atomic mass is 9.90. The van der Waals surface area contributed by atoms with Crippen LogP contribution in [0.4, 0.5) is 5.69 Å². The second kappa shape index (κ2) is 6.27. The molecule has 1 atom stereocenters. The molecule has 1 aromatic carbocycles. The zero-order chi connectivity index (χ0) is 16.4. The predicted molar refractivity (Wildman–Crippen MR) is 84.6 cm³/mol. The van der Waals surface area contributed by atoms with Gasteiger partial charge in [0.1, 0.15) is 0 Å². The summed E-state index contributed by atoms with van der Waals surface area (Å²) < 4.78 is 5.33. The Morgan fingerprint density at radius 2 is 2.04 bits per heavy atom. The summed E-state index contributed by atoms with van der Waals surface area (Å²) in [6.07, 6.45) is -0.0288. The standard InChI is InChI=1S/C16H21N3O4/c1-12(17-22)10-16(21)13-4-2-3-5-14(13)19(15(16)20)11-18-6-8-23-9-7-18/h2-5,21-22H,6-11H2,1H3. The molecule has 1 fully saturated rings. The molecular formula is C16H21N3O4. The van der Waals surface area contributed by atoms with E-state index in [2.05, 4.69) is 10.1 Å². The summed E-state index contributed by atoms with van der Waals surface area (Å²) in [6.45, 7) is 4.78. The van der Waals surface area contributed by atoms with Crippen LogP contribution in [0.25, 0.3) is 0 Å². The fourth-order valence-electron chi connectivity index (χ4n) is 3.17. The number of rotatable bonds is 4. The van der Waals surface area contributed by atoms with Crippen LogP contribution in [-0.2, 0) is 15.1 Å². The van der Waals surface area contributed by atoms with E-state index >= 15 is 0 Å². The number of carbonyl (C=O) groups is 1. The van der Waals surface area contributed by atoms with Crippen molar-refractivity contribution in [2.24, 2.45) is 5.16 Å². The van der Waals surface area contributed by atoms with Gasteiger partial charge < -0.3 is 15.1 Å². The summed E-state index contributed by atoms with van der Waals surface area (Å²) in [6, 6.07) is 7.21. The number of hydrogen-bond acceptors (Lipinski definition) is 6. The van der Waals surface area contributed by atoms with Crippen LogP contribution in [0, 0.1) is 0 Å². The van der Waals surface area contributed by atoms with Crippen LogP contribution in [0.2, 0.25) is 0 Å². The van der Waals surface area contributed by atoms with Crippen molar-refractivity contribution in [3.63, 3.8) is 0 Å². The van der Waals surface area contributed by atoms with Gasteiger partial charge in [0, 0.05) is 25.1 Å². The number of benzene rings is 1. The number of ether oxygens (including phenoxy) is 1. The molecule has 1 saturated heterocycles. The highest BCUT2D eigenvalue weighted by atomic mass is 16.5. The smallest absolute Gasteiger partial charge is 0.265 e. The van der Waals surface area contributed by atoms with Crippen LogP contribution in [0.3, 0.4) is 0 Å². The van der Waals surface area contributed by atoms with Crippen molar-refractivity contribution in [3.05, 3.63) is 29.8 Å². The molecule has 0 aromatic heterocycles. The van der Waals surface area contributed by atoms with Crippen LogP contribution in [0.5, 0.6) is 0 Å². The van der Waals surface area contributed by atoms with Crippen LogP contribution in [-0.4, -0.2) is 59.8 Å². The van der Waals surface area contributed by atoms with Gasteiger partial charge in [-0.1, -0.05) is 23.4 Å². The zero-order valence-electron chi connectivity index (χ0n) is 13.1. The van der Waals surface area contributed by atoms with E-state index in [1.165, 1.54) is 0 Å². The van der Waals surface area contributed by atoms with E-state index in [1.54, 1.807) is 24.0 Å². The third-order valence-electron chi connectivity index (χ3n) is 4.37. The Morgan fingerprint density at radius 3 is 2.74 bits per heavy atom. The summed E-state index contributed by atoms with van der Waals surface area (Å²) in [5.74, 6) is -0.381. The van der Waals surface area contributed by atoms with Crippen molar-refractivity contribution >= 4 is 17.3 Å². The highest BCUT2D eigenvalue weighted by Gasteiger charge is 2.50. The van der Waals surface area contributed by atoms with Crippen molar-refractivity contribution in [3.8, 4) is 0 Å². The number of morpholine rings is 1. The summed E-state index contributed by atoms with van der Waals surface area (Å²) in [4.78, 5) is 16.6. The molecule has 2 N–H and O–H groups in total. The number of nitrogens with zero attached hydrogens (tertiary/aromatic N) is 3. The molecule has 0 radical (unpaired) electrons. The number of para-hydroxylation sites is 1. The lowest BCUT2D eigenvalue weighted by Gasteiger charge is -2.31. The normalized spacial score (nSPS) is 25.7. The van der Waals surface area contributed by atoms with Gasteiger partial charge in [-0.05, 0) is 13.0 Å². The number of hydrogen-bond donors (Lipinski definition) is 2. The van der Waals surface area contributed by atoms with Crippen molar-refractivity contribution in [1.29, 1.82) is 0 Å². The largest absolute Gasteiger partial charge is 0.411 e. The van der Waals surface area contributed by atoms with Crippen molar-refractivity contribution in [1.82, 2.24) is 4.90 Å². The van der Waals surface area contributed by atoms with Crippen LogP contribution in [0.1, 0.15) is 18.9 Å². The van der Waals surface area contributed by atoms with E-state index in [9.17, 15) is 9.90 Å². The molecule has 1 amide bonds. The maximum absolute atomic E-state index is 12.9. The molecule has 2 heterocycles. The number of amides is 1. The van der Waals surface area contributed by atoms with E-state index in [-0.39, 0.29) is 12.3 Å².